The molecular weight excluding hydrogens is 278 g/mol. The van der Waals surface area contributed by atoms with Crippen LogP contribution in [0.25, 0.3) is 11.5 Å². The molecule has 6 nitrogen and oxygen atoms in total. The summed E-state index contributed by atoms with van der Waals surface area (Å²) in [7, 11) is 0. The summed E-state index contributed by atoms with van der Waals surface area (Å²) in [6, 6.07) is 3.61. The van der Waals surface area contributed by atoms with Crippen molar-refractivity contribution in [3.63, 3.8) is 0 Å². The van der Waals surface area contributed by atoms with E-state index in [4.69, 9.17) is 4.42 Å². The standard InChI is InChI=1S/C13H13N3O3S/c1-8(17)16-5-9(6-16)12(18)15-13-14-10(7-20-13)11-3-2-4-19-11/h2-4,7,9H,5-6H2,1H3,(H,14,15,18). The smallest absolute Gasteiger partial charge is 0.232 e. The maximum atomic E-state index is 12.0. The van der Waals surface area contributed by atoms with E-state index in [1.807, 2.05) is 11.4 Å². The highest BCUT2D eigenvalue weighted by molar-refractivity contribution is 7.14. The third kappa shape index (κ3) is 2.44. The Morgan fingerprint density at radius 1 is 1.50 bits per heavy atom. The summed E-state index contributed by atoms with van der Waals surface area (Å²) in [6.07, 6.45) is 1.58. The Bertz CT molecular complexity index is 629. The molecule has 0 saturated carbocycles. The van der Waals surface area contributed by atoms with E-state index >= 15 is 0 Å². The number of rotatable bonds is 3. The number of hydrogen-bond acceptors (Lipinski definition) is 5. The summed E-state index contributed by atoms with van der Waals surface area (Å²) in [5.74, 6) is 0.439. The van der Waals surface area contributed by atoms with Gasteiger partial charge in [-0.3, -0.25) is 9.59 Å². The molecule has 0 atom stereocenters. The number of thiazole rings is 1. The highest BCUT2D eigenvalue weighted by atomic mass is 32.1. The van der Waals surface area contributed by atoms with Crippen LogP contribution < -0.4 is 5.32 Å². The van der Waals surface area contributed by atoms with E-state index in [-0.39, 0.29) is 17.7 Å². The molecule has 0 unspecified atom stereocenters. The SMILES string of the molecule is CC(=O)N1CC(C(=O)Nc2nc(-c3ccco3)cs2)C1. The molecule has 1 saturated heterocycles. The minimum Gasteiger partial charge on any atom is -0.463 e. The molecule has 1 fully saturated rings. The Morgan fingerprint density at radius 3 is 2.95 bits per heavy atom. The number of aromatic nitrogens is 1. The van der Waals surface area contributed by atoms with Crippen LogP contribution in [0.1, 0.15) is 6.92 Å². The van der Waals surface area contributed by atoms with Gasteiger partial charge in [0.1, 0.15) is 5.69 Å². The predicted molar refractivity (Wildman–Crippen MR) is 74.2 cm³/mol. The Balaban J connectivity index is 1.59. The molecule has 1 aliphatic rings. The summed E-state index contributed by atoms with van der Waals surface area (Å²) in [4.78, 5) is 29.0. The third-order valence-electron chi connectivity index (χ3n) is 3.21. The Hall–Kier alpha value is -2.15. The zero-order valence-electron chi connectivity index (χ0n) is 10.8. The number of carbonyl (C=O) groups excluding carboxylic acids is 2. The monoisotopic (exact) mass is 291 g/mol. The second kappa shape index (κ2) is 5.09. The van der Waals surface area contributed by atoms with Gasteiger partial charge in [-0.2, -0.15) is 0 Å². The van der Waals surface area contributed by atoms with Crippen molar-refractivity contribution in [3.8, 4) is 11.5 Å². The van der Waals surface area contributed by atoms with Gasteiger partial charge in [-0.15, -0.1) is 11.3 Å². The highest BCUT2D eigenvalue weighted by Gasteiger charge is 2.34. The van der Waals surface area contributed by atoms with E-state index in [0.29, 0.717) is 29.7 Å². The van der Waals surface area contributed by atoms with Gasteiger partial charge in [0.25, 0.3) is 0 Å². The van der Waals surface area contributed by atoms with Crippen molar-refractivity contribution in [3.05, 3.63) is 23.8 Å². The first-order valence-corrected chi connectivity index (χ1v) is 7.07. The summed E-state index contributed by atoms with van der Waals surface area (Å²) >= 11 is 1.35. The van der Waals surface area contributed by atoms with Crippen LogP contribution in [-0.4, -0.2) is 34.8 Å². The molecule has 7 heteroatoms. The molecule has 2 aromatic rings. The first-order valence-electron chi connectivity index (χ1n) is 6.19. The van der Waals surface area contributed by atoms with Crippen molar-refractivity contribution in [2.75, 3.05) is 18.4 Å². The number of likely N-dealkylation sites (tertiary alicyclic amines) is 1. The van der Waals surface area contributed by atoms with E-state index in [0.717, 1.165) is 0 Å². The summed E-state index contributed by atoms with van der Waals surface area (Å²) in [5.41, 5.74) is 0.703. The largest absolute Gasteiger partial charge is 0.463 e. The minimum atomic E-state index is -0.144. The second-order valence-electron chi connectivity index (χ2n) is 4.63. The van der Waals surface area contributed by atoms with Gasteiger partial charge in [0, 0.05) is 25.4 Å². The van der Waals surface area contributed by atoms with Crippen LogP contribution in [0.4, 0.5) is 5.13 Å². The van der Waals surface area contributed by atoms with Crippen molar-refractivity contribution < 1.29 is 14.0 Å². The lowest BCUT2D eigenvalue weighted by Gasteiger charge is -2.37. The summed E-state index contributed by atoms with van der Waals surface area (Å²) < 4.78 is 5.25. The number of carbonyl (C=O) groups is 2. The van der Waals surface area contributed by atoms with Crippen LogP contribution in [0.2, 0.25) is 0 Å². The van der Waals surface area contributed by atoms with Crippen LogP contribution in [0.15, 0.2) is 28.2 Å². The van der Waals surface area contributed by atoms with Crippen molar-refractivity contribution in [2.24, 2.45) is 5.92 Å². The van der Waals surface area contributed by atoms with E-state index in [1.165, 1.54) is 18.3 Å². The average molecular weight is 291 g/mol. The fraction of sp³-hybridized carbons (Fsp3) is 0.308. The minimum absolute atomic E-state index is 0.00315. The first-order chi connectivity index (χ1) is 9.63. The van der Waals surface area contributed by atoms with Crippen molar-refractivity contribution in [2.45, 2.75) is 6.92 Å². The van der Waals surface area contributed by atoms with Crippen molar-refractivity contribution >= 4 is 28.3 Å². The number of amides is 2. The summed E-state index contributed by atoms with van der Waals surface area (Å²) in [6.45, 7) is 2.47. The van der Waals surface area contributed by atoms with E-state index in [9.17, 15) is 9.59 Å². The van der Waals surface area contributed by atoms with Gasteiger partial charge < -0.3 is 14.6 Å². The van der Waals surface area contributed by atoms with Gasteiger partial charge in [0.15, 0.2) is 10.9 Å². The number of nitrogens with zero attached hydrogens (tertiary/aromatic N) is 2. The van der Waals surface area contributed by atoms with Crippen molar-refractivity contribution in [1.82, 2.24) is 9.88 Å². The van der Waals surface area contributed by atoms with E-state index in [1.54, 1.807) is 17.2 Å². The average Bonchev–Trinajstić information content (AvgIpc) is 2.95. The van der Waals surface area contributed by atoms with Gasteiger partial charge >= 0.3 is 0 Å². The lowest BCUT2D eigenvalue weighted by Crippen LogP contribution is -2.53. The first kappa shape index (κ1) is 12.9. The molecule has 3 heterocycles. The van der Waals surface area contributed by atoms with E-state index < -0.39 is 0 Å². The van der Waals surface area contributed by atoms with Gasteiger partial charge in [-0.05, 0) is 12.1 Å². The van der Waals surface area contributed by atoms with E-state index in [2.05, 4.69) is 10.3 Å². The number of anilines is 1. The van der Waals surface area contributed by atoms with Crippen LogP contribution in [-0.2, 0) is 9.59 Å². The van der Waals surface area contributed by atoms with Crippen LogP contribution in [0.5, 0.6) is 0 Å². The Labute approximate surface area is 119 Å². The lowest BCUT2D eigenvalue weighted by molar-refractivity contribution is -0.139. The number of hydrogen-bond donors (Lipinski definition) is 1. The molecule has 3 rings (SSSR count). The summed E-state index contributed by atoms with van der Waals surface area (Å²) in [5, 5.41) is 5.15. The zero-order chi connectivity index (χ0) is 14.1. The molecule has 2 amide bonds. The van der Waals surface area contributed by atoms with Crippen LogP contribution >= 0.6 is 11.3 Å². The maximum absolute atomic E-state index is 12.0. The predicted octanol–water partition coefficient (Wildman–Crippen LogP) is 1.82. The lowest BCUT2D eigenvalue weighted by atomic mass is 9.99. The third-order valence-corrected chi connectivity index (χ3v) is 3.96. The number of furan rings is 1. The fourth-order valence-electron chi connectivity index (χ4n) is 1.98. The van der Waals surface area contributed by atoms with Crippen molar-refractivity contribution in [1.29, 1.82) is 0 Å². The molecule has 0 aromatic carbocycles. The normalized spacial score (nSPS) is 14.9. The molecule has 0 spiro atoms. The van der Waals surface area contributed by atoms with Crippen LogP contribution in [0.3, 0.4) is 0 Å². The zero-order valence-corrected chi connectivity index (χ0v) is 11.6. The molecule has 0 aliphatic carbocycles. The van der Waals surface area contributed by atoms with Gasteiger partial charge in [0.2, 0.25) is 11.8 Å². The fourth-order valence-corrected chi connectivity index (χ4v) is 2.68. The highest BCUT2D eigenvalue weighted by Crippen LogP contribution is 2.26. The number of nitrogens with one attached hydrogen (secondary N) is 1. The molecular formula is C13H13N3O3S. The van der Waals surface area contributed by atoms with Gasteiger partial charge in [-0.1, -0.05) is 0 Å². The molecule has 104 valence electrons. The molecule has 20 heavy (non-hydrogen) atoms. The second-order valence-corrected chi connectivity index (χ2v) is 5.48. The quantitative estimate of drug-likeness (QED) is 0.936. The maximum Gasteiger partial charge on any atom is 0.232 e. The molecule has 2 aromatic heterocycles. The topological polar surface area (TPSA) is 75.4 Å². The van der Waals surface area contributed by atoms with Gasteiger partial charge in [0.05, 0.1) is 12.2 Å². The van der Waals surface area contributed by atoms with Crippen LogP contribution in [0, 0.1) is 5.92 Å². The molecule has 0 bridgehead atoms. The Morgan fingerprint density at radius 2 is 2.30 bits per heavy atom. The van der Waals surface area contributed by atoms with Gasteiger partial charge in [-0.25, -0.2) is 4.98 Å². The Kier molecular flexibility index (Phi) is 3.27. The molecule has 1 N–H and O–H groups in total. The molecule has 0 radical (unpaired) electrons. The molecule has 1 aliphatic heterocycles.